The van der Waals surface area contributed by atoms with Crippen LogP contribution in [0, 0.1) is 6.92 Å². The van der Waals surface area contributed by atoms with Crippen molar-refractivity contribution in [3.63, 3.8) is 0 Å². The molecular weight excluding hydrogens is 358 g/mol. The van der Waals surface area contributed by atoms with E-state index in [1.54, 1.807) is 0 Å². The van der Waals surface area contributed by atoms with Crippen molar-refractivity contribution >= 4 is 11.7 Å². The molecule has 1 unspecified atom stereocenters. The Morgan fingerprint density at radius 1 is 1.00 bits per heavy atom. The van der Waals surface area contributed by atoms with Gasteiger partial charge in [0.05, 0.1) is 18.2 Å². The van der Waals surface area contributed by atoms with Crippen molar-refractivity contribution in [2.24, 2.45) is 0 Å². The van der Waals surface area contributed by atoms with E-state index in [1.807, 2.05) is 48.5 Å². The minimum Gasteiger partial charge on any atom is -0.310 e. The maximum atomic E-state index is 12.5. The van der Waals surface area contributed by atoms with E-state index < -0.39 is 0 Å². The molecule has 1 amide bonds. The van der Waals surface area contributed by atoms with Gasteiger partial charge in [-0.3, -0.25) is 4.79 Å². The third-order valence-corrected chi connectivity index (χ3v) is 5.53. The van der Waals surface area contributed by atoms with Crippen LogP contribution in [0.2, 0.25) is 0 Å². The van der Waals surface area contributed by atoms with Crippen LogP contribution in [-0.4, -0.2) is 16.9 Å². The third kappa shape index (κ3) is 4.90. The summed E-state index contributed by atoms with van der Waals surface area (Å²) in [6.07, 6.45) is 4.03. The molecule has 29 heavy (non-hydrogen) atoms. The molecule has 1 aromatic heterocycles. The molecule has 4 heteroatoms. The van der Waals surface area contributed by atoms with E-state index in [0.717, 1.165) is 16.8 Å². The predicted octanol–water partition coefficient (Wildman–Crippen LogP) is 4.80. The van der Waals surface area contributed by atoms with Gasteiger partial charge in [0.2, 0.25) is 5.91 Å². The quantitative estimate of drug-likeness (QED) is 0.614. The highest BCUT2D eigenvalue weighted by Crippen LogP contribution is 2.29. The number of benzene rings is 2. The molecule has 1 aliphatic rings. The molecule has 2 N–H and O–H groups in total. The van der Waals surface area contributed by atoms with Crippen molar-refractivity contribution in [1.29, 1.82) is 0 Å². The molecule has 0 radical (unpaired) electrons. The Kier molecular flexibility index (Phi) is 6.01. The number of aromatic nitrogens is 1. The maximum absolute atomic E-state index is 12.5. The Hall–Kier alpha value is -2.98. The van der Waals surface area contributed by atoms with Gasteiger partial charge in [-0.1, -0.05) is 73.2 Å². The number of hydrogen-bond donors (Lipinski definition) is 2. The summed E-state index contributed by atoms with van der Waals surface area (Å²) in [6.45, 7) is 2.08. The number of amides is 1. The summed E-state index contributed by atoms with van der Waals surface area (Å²) in [7, 11) is 0. The minimum absolute atomic E-state index is 0.0208. The van der Waals surface area contributed by atoms with Crippen LogP contribution in [-0.2, 0) is 11.2 Å². The Morgan fingerprint density at radius 3 is 2.34 bits per heavy atom. The Balaban J connectivity index is 1.56. The number of nitrogens with one attached hydrogen (secondary N) is 2. The van der Waals surface area contributed by atoms with Crippen LogP contribution in [0.5, 0.6) is 0 Å². The highest BCUT2D eigenvalue weighted by Gasteiger charge is 2.25. The summed E-state index contributed by atoms with van der Waals surface area (Å²) in [5, 5.41) is 6.74. The minimum atomic E-state index is -0.0540. The SMILES string of the molecule is Cc1ccc(NC(=O)Cc2ccccc2)nc1C(NC1CCC1)c1ccccc1. The molecule has 4 rings (SSSR count). The highest BCUT2D eigenvalue weighted by molar-refractivity contribution is 5.91. The molecule has 0 aliphatic heterocycles. The first-order valence-electron chi connectivity index (χ1n) is 10.3. The zero-order valence-electron chi connectivity index (χ0n) is 16.8. The first-order valence-corrected chi connectivity index (χ1v) is 10.3. The summed E-state index contributed by atoms with van der Waals surface area (Å²) in [4.78, 5) is 17.3. The average Bonchev–Trinajstić information content (AvgIpc) is 2.70. The summed E-state index contributed by atoms with van der Waals surface area (Å²) in [5.74, 6) is 0.546. The fourth-order valence-corrected chi connectivity index (χ4v) is 3.66. The Bertz CT molecular complexity index is 952. The smallest absolute Gasteiger partial charge is 0.229 e. The zero-order valence-corrected chi connectivity index (χ0v) is 16.8. The number of nitrogens with zero attached hydrogens (tertiary/aromatic N) is 1. The number of hydrogen-bond acceptors (Lipinski definition) is 3. The van der Waals surface area contributed by atoms with Gasteiger partial charge in [-0.15, -0.1) is 0 Å². The molecule has 1 saturated carbocycles. The van der Waals surface area contributed by atoms with E-state index in [2.05, 4.69) is 41.8 Å². The fraction of sp³-hybridized carbons (Fsp3) is 0.280. The van der Waals surface area contributed by atoms with Gasteiger partial charge in [0.1, 0.15) is 5.82 Å². The zero-order chi connectivity index (χ0) is 20.1. The van der Waals surface area contributed by atoms with Crippen molar-refractivity contribution in [2.45, 2.75) is 44.7 Å². The van der Waals surface area contributed by atoms with Gasteiger partial charge in [0.25, 0.3) is 0 Å². The second kappa shape index (κ2) is 9.01. The molecule has 0 saturated heterocycles. The standard InChI is InChI=1S/C25H27N3O/c1-18-15-16-22(27-23(29)17-19-9-4-2-5-10-19)28-24(18)25(26-21-13-8-14-21)20-11-6-3-7-12-20/h2-7,9-12,15-16,21,25-26H,8,13-14,17H2,1H3,(H,27,28,29). The first-order chi connectivity index (χ1) is 14.2. The lowest BCUT2D eigenvalue weighted by molar-refractivity contribution is -0.115. The van der Waals surface area contributed by atoms with Crippen LogP contribution in [0.3, 0.4) is 0 Å². The number of aryl methyl sites for hydroxylation is 1. The highest BCUT2D eigenvalue weighted by atomic mass is 16.1. The summed E-state index contributed by atoms with van der Waals surface area (Å²) in [5.41, 5.74) is 4.28. The molecule has 4 nitrogen and oxygen atoms in total. The van der Waals surface area contributed by atoms with Gasteiger partial charge in [-0.05, 0) is 42.5 Å². The normalized spacial score (nSPS) is 14.8. The molecule has 0 spiro atoms. The average molecular weight is 386 g/mol. The molecule has 1 fully saturated rings. The Labute approximate surface area is 172 Å². The molecule has 148 valence electrons. The van der Waals surface area contributed by atoms with E-state index in [1.165, 1.54) is 24.8 Å². The lowest BCUT2D eigenvalue weighted by Crippen LogP contribution is -2.39. The van der Waals surface area contributed by atoms with Crippen molar-refractivity contribution in [1.82, 2.24) is 10.3 Å². The second-order valence-electron chi connectivity index (χ2n) is 7.75. The van der Waals surface area contributed by atoms with Crippen molar-refractivity contribution in [3.05, 3.63) is 95.2 Å². The number of carbonyl (C=O) groups excluding carboxylic acids is 1. The first kappa shape index (κ1) is 19.3. The van der Waals surface area contributed by atoms with Gasteiger partial charge in [0.15, 0.2) is 0 Å². The number of anilines is 1. The third-order valence-electron chi connectivity index (χ3n) is 5.53. The predicted molar refractivity (Wildman–Crippen MR) is 117 cm³/mol. The van der Waals surface area contributed by atoms with Gasteiger partial charge in [-0.2, -0.15) is 0 Å². The molecule has 2 aromatic carbocycles. The largest absolute Gasteiger partial charge is 0.310 e. The fourth-order valence-electron chi connectivity index (χ4n) is 3.66. The molecule has 1 heterocycles. The van der Waals surface area contributed by atoms with Crippen LogP contribution >= 0.6 is 0 Å². The van der Waals surface area contributed by atoms with Crippen LogP contribution < -0.4 is 10.6 Å². The second-order valence-corrected chi connectivity index (χ2v) is 7.75. The molecule has 1 atom stereocenters. The van der Waals surface area contributed by atoms with Crippen LogP contribution in [0.15, 0.2) is 72.8 Å². The van der Waals surface area contributed by atoms with E-state index in [9.17, 15) is 4.79 Å². The van der Waals surface area contributed by atoms with E-state index in [0.29, 0.717) is 18.3 Å². The number of rotatable bonds is 7. The van der Waals surface area contributed by atoms with E-state index in [4.69, 9.17) is 4.98 Å². The van der Waals surface area contributed by atoms with Gasteiger partial charge in [0, 0.05) is 6.04 Å². The number of pyridine rings is 1. The van der Waals surface area contributed by atoms with Crippen LogP contribution in [0.25, 0.3) is 0 Å². The summed E-state index contributed by atoms with van der Waals surface area (Å²) in [6, 6.07) is 24.7. The van der Waals surface area contributed by atoms with Crippen molar-refractivity contribution in [2.75, 3.05) is 5.32 Å². The van der Waals surface area contributed by atoms with E-state index >= 15 is 0 Å². The lowest BCUT2D eigenvalue weighted by atomic mass is 9.90. The van der Waals surface area contributed by atoms with Crippen molar-refractivity contribution in [3.8, 4) is 0 Å². The maximum Gasteiger partial charge on any atom is 0.229 e. The molecule has 3 aromatic rings. The number of carbonyl (C=O) groups is 1. The van der Waals surface area contributed by atoms with Gasteiger partial charge >= 0.3 is 0 Å². The molecular formula is C25H27N3O. The Morgan fingerprint density at radius 2 is 1.69 bits per heavy atom. The van der Waals surface area contributed by atoms with E-state index in [-0.39, 0.29) is 11.9 Å². The topological polar surface area (TPSA) is 54.0 Å². The molecule has 1 aliphatic carbocycles. The van der Waals surface area contributed by atoms with Crippen molar-refractivity contribution < 1.29 is 4.79 Å². The van der Waals surface area contributed by atoms with Crippen LogP contribution in [0.4, 0.5) is 5.82 Å². The van der Waals surface area contributed by atoms with Gasteiger partial charge < -0.3 is 10.6 Å². The lowest BCUT2D eigenvalue weighted by Gasteiger charge is -2.32. The van der Waals surface area contributed by atoms with Crippen LogP contribution in [0.1, 0.15) is 47.7 Å². The molecule has 0 bridgehead atoms. The summed E-state index contributed by atoms with van der Waals surface area (Å²) < 4.78 is 0. The van der Waals surface area contributed by atoms with Gasteiger partial charge in [-0.25, -0.2) is 4.98 Å². The summed E-state index contributed by atoms with van der Waals surface area (Å²) >= 11 is 0. The monoisotopic (exact) mass is 385 g/mol.